The molecule has 0 saturated heterocycles. The summed E-state index contributed by atoms with van der Waals surface area (Å²) < 4.78 is 38.4. The van der Waals surface area contributed by atoms with Crippen molar-refractivity contribution >= 4 is 17.3 Å². The molecule has 0 radical (unpaired) electrons. The zero-order chi connectivity index (χ0) is 21.1. The highest BCUT2D eigenvalue weighted by molar-refractivity contribution is 5.95. The summed E-state index contributed by atoms with van der Waals surface area (Å²) >= 11 is 0. The van der Waals surface area contributed by atoms with Crippen LogP contribution in [0.5, 0.6) is 0 Å². The lowest BCUT2D eigenvalue weighted by Crippen LogP contribution is -2.31. The predicted molar refractivity (Wildman–Crippen MR) is 110 cm³/mol. The summed E-state index contributed by atoms with van der Waals surface area (Å²) in [6.45, 7) is 1.72. The van der Waals surface area contributed by atoms with Crippen molar-refractivity contribution in [3.8, 4) is 0 Å². The molecule has 3 aromatic rings. The number of nitrogens with zero attached hydrogens (tertiary/aromatic N) is 1. The second-order valence-electron chi connectivity index (χ2n) is 7.14. The van der Waals surface area contributed by atoms with Crippen molar-refractivity contribution in [3.05, 3.63) is 95.1 Å². The molecule has 1 aliphatic rings. The summed E-state index contributed by atoms with van der Waals surface area (Å²) in [5.41, 5.74) is 8.44. The van der Waals surface area contributed by atoms with Crippen molar-refractivity contribution in [1.29, 1.82) is 0 Å². The van der Waals surface area contributed by atoms with E-state index in [9.17, 15) is 18.0 Å². The first-order valence-electron chi connectivity index (χ1n) is 9.55. The van der Waals surface area contributed by atoms with Gasteiger partial charge in [-0.1, -0.05) is 30.3 Å². The normalized spacial score (nSPS) is 13.5. The van der Waals surface area contributed by atoms with Crippen LogP contribution in [0.15, 0.2) is 72.8 Å². The largest absolute Gasteiger partial charge is 0.416 e. The Labute approximate surface area is 172 Å². The Bertz CT molecular complexity index is 1050. The molecule has 0 unspecified atom stereocenters. The van der Waals surface area contributed by atoms with E-state index in [1.165, 1.54) is 23.3 Å². The average Bonchev–Trinajstić information content (AvgIpc) is 2.77. The number of carbonyl (C=O) groups excluding carboxylic acids is 1. The number of benzene rings is 3. The number of hydrogen-bond acceptors (Lipinski definition) is 3. The summed E-state index contributed by atoms with van der Waals surface area (Å²) in [7, 11) is 0. The molecule has 1 aliphatic heterocycles. The van der Waals surface area contributed by atoms with Crippen molar-refractivity contribution in [1.82, 2.24) is 5.43 Å². The molecular weight excluding hydrogens is 391 g/mol. The van der Waals surface area contributed by atoms with Gasteiger partial charge < -0.3 is 4.90 Å². The van der Waals surface area contributed by atoms with Gasteiger partial charge in [-0.2, -0.15) is 13.2 Å². The fourth-order valence-corrected chi connectivity index (χ4v) is 3.51. The summed E-state index contributed by atoms with van der Waals surface area (Å²) in [6, 6.07) is 20.2. The Hall–Kier alpha value is -3.48. The van der Waals surface area contributed by atoms with Gasteiger partial charge in [-0.3, -0.25) is 15.6 Å². The zero-order valence-electron chi connectivity index (χ0n) is 16.0. The van der Waals surface area contributed by atoms with Crippen LogP contribution in [0, 0.1) is 0 Å². The molecule has 0 spiro atoms. The van der Waals surface area contributed by atoms with Gasteiger partial charge in [0.1, 0.15) is 0 Å². The molecule has 0 aliphatic carbocycles. The van der Waals surface area contributed by atoms with Crippen LogP contribution >= 0.6 is 0 Å². The topological polar surface area (TPSA) is 44.4 Å². The van der Waals surface area contributed by atoms with Crippen LogP contribution in [0.1, 0.15) is 27.0 Å². The SMILES string of the molecule is O=C(NNc1cccc(C(F)(F)F)c1)c1ccc(N2CCc3ccccc3C2)cc1. The van der Waals surface area contributed by atoms with E-state index in [1.54, 1.807) is 12.1 Å². The first-order valence-corrected chi connectivity index (χ1v) is 9.55. The third-order valence-electron chi connectivity index (χ3n) is 5.14. The van der Waals surface area contributed by atoms with E-state index in [-0.39, 0.29) is 5.69 Å². The van der Waals surface area contributed by atoms with Crippen LogP contribution in [0.2, 0.25) is 0 Å². The van der Waals surface area contributed by atoms with Crippen LogP contribution < -0.4 is 15.8 Å². The molecule has 0 atom stereocenters. The number of alkyl halides is 3. The minimum Gasteiger partial charge on any atom is -0.367 e. The maximum Gasteiger partial charge on any atom is 0.416 e. The van der Waals surface area contributed by atoms with Crippen LogP contribution in [0.3, 0.4) is 0 Å². The molecule has 2 N–H and O–H groups in total. The third kappa shape index (κ3) is 4.40. The summed E-state index contributed by atoms with van der Waals surface area (Å²) in [5, 5.41) is 0. The average molecular weight is 411 g/mol. The first kappa shape index (κ1) is 19.8. The quantitative estimate of drug-likeness (QED) is 0.592. The number of fused-ring (bicyclic) bond motifs is 1. The highest BCUT2D eigenvalue weighted by Crippen LogP contribution is 2.30. The minimum absolute atomic E-state index is 0.154. The molecule has 154 valence electrons. The molecular formula is C23H20F3N3O. The van der Waals surface area contributed by atoms with Crippen molar-refractivity contribution in [3.63, 3.8) is 0 Å². The molecule has 0 saturated carbocycles. The molecule has 4 rings (SSSR count). The lowest BCUT2D eigenvalue weighted by Gasteiger charge is -2.30. The van der Waals surface area contributed by atoms with Crippen molar-refractivity contribution in [2.75, 3.05) is 16.9 Å². The lowest BCUT2D eigenvalue weighted by molar-refractivity contribution is -0.137. The highest BCUT2D eigenvalue weighted by atomic mass is 19.4. The fraction of sp³-hybridized carbons (Fsp3) is 0.174. The Balaban J connectivity index is 1.38. The number of nitrogens with one attached hydrogen (secondary N) is 2. The monoisotopic (exact) mass is 411 g/mol. The second-order valence-corrected chi connectivity index (χ2v) is 7.14. The fourth-order valence-electron chi connectivity index (χ4n) is 3.51. The maximum atomic E-state index is 12.8. The van der Waals surface area contributed by atoms with Gasteiger partial charge in [-0.05, 0) is 60.0 Å². The molecule has 7 heteroatoms. The highest BCUT2D eigenvalue weighted by Gasteiger charge is 2.30. The number of hydrogen-bond donors (Lipinski definition) is 2. The summed E-state index contributed by atoms with van der Waals surface area (Å²) in [5.74, 6) is -0.428. The molecule has 3 aromatic carbocycles. The Morgan fingerprint density at radius 2 is 1.63 bits per heavy atom. The molecule has 0 aromatic heterocycles. The Morgan fingerprint density at radius 1 is 0.900 bits per heavy atom. The minimum atomic E-state index is -4.44. The van der Waals surface area contributed by atoms with E-state index in [1.807, 2.05) is 18.2 Å². The molecule has 0 bridgehead atoms. The lowest BCUT2D eigenvalue weighted by atomic mass is 9.99. The van der Waals surface area contributed by atoms with Gasteiger partial charge in [-0.15, -0.1) is 0 Å². The van der Waals surface area contributed by atoms with Crippen LogP contribution in [-0.4, -0.2) is 12.5 Å². The zero-order valence-corrected chi connectivity index (χ0v) is 16.0. The maximum absolute atomic E-state index is 12.8. The number of anilines is 2. The Morgan fingerprint density at radius 3 is 2.37 bits per heavy atom. The predicted octanol–water partition coefficient (Wildman–Crippen LogP) is 5.03. The van der Waals surface area contributed by atoms with E-state index < -0.39 is 17.6 Å². The van der Waals surface area contributed by atoms with Crippen molar-refractivity contribution < 1.29 is 18.0 Å². The van der Waals surface area contributed by atoms with E-state index >= 15 is 0 Å². The van der Waals surface area contributed by atoms with Gasteiger partial charge in [0.25, 0.3) is 5.91 Å². The molecule has 1 heterocycles. The molecule has 0 fully saturated rings. The number of carbonyl (C=O) groups is 1. The third-order valence-corrected chi connectivity index (χ3v) is 5.14. The van der Waals surface area contributed by atoms with Gasteiger partial charge in [0.15, 0.2) is 0 Å². The Kier molecular flexibility index (Phi) is 5.35. The van der Waals surface area contributed by atoms with E-state index in [0.717, 1.165) is 37.3 Å². The first-order chi connectivity index (χ1) is 14.4. The molecule has 1 amide bonds. The van der Waals surface area contributed by atoms with Gasteiger partial charge in [0, 0.05) is 24.3 Å². The van der Waals surface area contributed by atoms with Crippen molar-refractivity contribution in [2.45, 2.75) is 19.1 Å². The second kappa shape index (κ2) is 8.10. The molecule has 30 heavy (non-hydrogen) atoms. The van der Waals surface area contributed by atoms with Crippen LogP contribution in [0.4, 0.5) is 24.5 Å². The molecule has 4 nitrogen and oxygen atoms in total. The standard InChI is InChI=1S/C23H20F3N3O/c24-23(25,26)19-6-3-7-20(14-19)27-28-22(30)17-8-10-21(11-9-17)29-13-12-16-4-1-2-5-18(16)15-29/h1-11,14,27H,12-13,15H2,(H,28,30). The van der Waals surface area contributed by atoms with E-state index in [0.29, 0.717) is 5.56 Å². The van der Waals surface area contributed by atoms with Crippen LogP contribution in [0.25, 0.3) is 0 Å². The summed E-state index contributed by atoms with van der Waals surface area (Å²) in [4.78, 5) is 14.6. The number of halogens is 3. The van der Waals surface area contributed by atoms with Gasteiger partial charge in [0.2, 0.25) is 0 Å². The van der Waals surface area contributed by atoms with Crippen LogP contribution in [-0.2, 0) is 19.1 Å². The van der Waals surface area contributed by atoms with E-state index in [2.05, 4.69) is 34.0 Å². The number of amides is 1. The van der Waals surface area contributed by atoms with Gasteiger partial charge >= 0.3 is 6.18 Å². The van der Waals surface area contributed by atoms with E-state index in [4.69, 9.17) is 0 Å². The van der Waals surface area contributed by atoms with Gasteiger partial charge in [0.05, 0.1) is 11.3 Å². The summed E-state index contributed by atoms with van der Waals surface area (Å²) in [6.07, 6.45) is -3.47. The smallest absolute Gasteiger partial charge is 0.367 e. The van der Waals surface area contributed by atoms with Crippen molar-refractivity contribution in [2.24, 2.45) is 0 Å². The number of hydrazine groups is 1. The van der Waals surface area contributed by atoms with Gasteiger partial charge in [-0.25, -0.2) is 0 Å². The number of rotatable bonds is 4.